The van der Waals surface area contributed by atoms with Crippen LogP contribution in [-0.2, 0) is 11.3 Å². The molecule has 4 nitrogen and oxygen atoms in total. The molecular weight excluding hydrogens is 290 g/mol. The third kappa shape index (κ3) is 4.33. The number of anilines is 1. The van der Waals surface area contributed by atoms with Crippen LogP contribution in [-0.4, -0.2) is 19.6 Å². The van der Waals surface area contributed by atoms with Gasteiger partial charge in [0.2, 0.25) is 0 Å². The van der Waals surface area contributed by atoms with E-state index in [1.807, 2.05) is 45.0 Å². The Balaban J connectivity index is 2.19. The van der Waals surface area contributed by atoms with Crippen LogP contribution in [0, 0.1) is 13.8 Å². The zero-order valence-corrected chi connectivity index (χ0v) is 14.1. The summed E-state index contributed by atoms with van der Waals surface area (Å²) in [5.41, 5.74) is 4.59. The van der Waals surface area contributed by atoms with Gasteiger partial charge in [0.05, 0.1) is 13.7 Å². The normalized spacial score (nSPS) is 10.4. The summed E-state index contributed by atoms with van der Waals surface area (Å²) < 4.78 is 10.7. The summed E-state index contributed by atoms with van der Waals surface area (Å²) in [7, 11) is 1.61. The second kappa shape index (κ2) is 7.79. The van der Waals surface area contributed by atoms with Gasteiger partial charge in [-0.05, 0) is 62.2 Å². The van der Waals surface area contributed by atoms with Crippen LogP contribution in [0.4, 0.5) is 5.69 Å². The number of rotatable bonds is 6. The van der Waals surface area contributed by atoms with Crippen molar-refractivity contribution < 1.29 is 14.3 Å². The van der Waals surface area contributed by atoms with Crippen molar-refractivity contribution in [3.8, 4) is 5.75 Å². The average molecular weight is 313 g/mol. The minimum absolute atomic E-state index is 0.145. The lowest BCUT2D eigenvalue weighted by atomic mass is 10.1. The molecule has 0 aliphatic rings. The highest BCUT2D eigenvalue weighted by Crippen LogP contribution is 2.22. The van der Waals surface area contributed by atoms with Crippen LogP contribution in [0.5, 0.6) is 5.75 Å². The van der Waals surface area contributed by atoms with E-state index in [1.54, 1.807) is 19.2 Å². The smallest absolute Gasteiger partial charge is 0.255 e. The lowest BCUT2D eigenvalue weighted by molar-refractivity contribution is 0.102. The minimum Gasteiger partial charge on any atom is -0.496 e. The Labute approximate surface area is 137 Å². The van der Waals surface area contributed by atoms with Gasteiger partial charge >= 0.3 is 0 Å². The molecule has 0 fully saturated rings. The molecule has 1 amide bonds. The minimum atomic E-state index is -0.145. The molecule has 0 radical (unpaired) electrons. The maximum absolute atomic E-state index is 12.4. The molecule has 0 saturated carbocycles. The molecule has 0 aromatic heterocycles. The molecule has 0 saturated heterocycles. The summed E-state index contributed by atoms with van der Waals surface area (Å²) >= 11 is 0. The summed E-state index contributed by atoms with van der Waals surface area (Å²) in [6.07, 6.45) is 0. The van der Waals surface area contributed by atoms with Gasteiger partial charge in [-0.1, -0.05) is 6.07 Å². The molecule has 0 atom stereocenters. The van der Waals surface area contributed by atoms with Crippen molar-refractivity contribution in [3.05, 3.63) is 58.7 Å². The molecule has 1 N–H and O–H groups in total. The van der Waals surface area contributed by atoms with E-state index in [-0.39, 0.29) is 5.91 Å². The van der Waals surface area contributed by atoms with E-state index in [1.165, 1.54) is 5.56 Å². The topological polar surface area (TPSA) is 47.6 Å². The van der Waals surface area contributed by atoms with Crippen LogP contribution in [0.25, 0.3) is 0 Å². The van der Waals surface area contributed by atoms with E-state index in [9.17, 15) is 4.79 Å². The molecule has 2 aromatic rings. The predicted octanol–water partition coefficient (Wildman–Crippen LogP) is 4.10. The highest BCUT2D eigenvalue weighted by atomic mass is 16.5. The third-order valence-corrected chi connectivity index (χ3v) is 3.77. The Morgan fingerprint density at radius 2 is 1.87 bits per heavy atom. The quantitative estimate of drug-likeness (QED) is 0.873. The zero-order valence-electron chi connectivity index (χ0n) is 14.1. The zero-order chi connectivity index (χ0) is 16.8. The second-order valence-electron chi connectivity index (χ2n) is 5.42. The number of carbonyl (C=O) groups is 1. The molecule has 0 spiro atoms. The number of ether oxygens (including phenoxy) is 2. The van der Waals surface area contributed by atoms with E-state index >= 15 is 0 Å². The first kappa shape index (κ1) is 17.0. The Morgan fingerprint density at radius 1 is 1.09 bits per heavy atom. The summed E-state index contributed by atoms with van der Waals surface area (Å²) in [6.45, 7) is 7.04. The molecule has 0 unspecified atom stereocenters. The number of methoxy groups -OCH3 is 1. The van der Waals surface area contributed by atoms with Gasteiger partial charge in [-0.25, -0.2) is 0 Å². The molecular formula is C19H23NO3. The first-order chi connectivity index (χ1) is 11.0. The summed E-state index contributed by atoms with van der Waals surface area (Å²) in [5, 5.41) is 2.93. The highest BCUT2D eigenvalue weighted by molar-refractivity contribution is 6.04. The third-order valence-electron chi connectivity index (χ3n) is 3.77. The summed E-state index contributed by atoms with van der Waals surface area (Å²) in [4.78, 5) is 12.4. The van der Waals surface area contributed by atoms with Crippen LogP contribution in [0.15, 0.2) is 36.4 Å². The second-order valence-corrected chi connectivity index (χ2v) is 5.42. The number of hydrogen-bond acceptors (Lipinski definition) is 3. The van der Waals surface area contributed by atoms with Gasteiger partial charge in [0.1, 0.15) is 5.75 Å². The van der Waals surface area contributed by atoms with Gasteiger partial charge in [0.15, 0.2) is 0 Å². The summed E-state index contributed by atoms with van der Waals surface area (Å²) in [6, 6.07) is 11.2. The van der Waals surface area contributed by atoms with Crippen molar-refractivity contribution in [2.45, 2.75) is 27.4 Å². The van der Waals surface area contributed by atoms with Gasteiger partial charge < -0.3 is 14.8 Å². The van der Waals surface area contributed by atoms with Gasteiger partial charge in [-0.15, -0.1) is 0 Å². The van der Waals surface area contributed by atoms with Crippen LogP contribution < -0.4 is 10.1 Å². The van der Waals surface area contributed by atoms with E-state index in [4.69, 9.17) is 9.47 Å². The van der Waals surface area contributed by atoms with E-state index < -0.39 is 0 Å². The Morgan fingerprint density at radius 3 is 2.52 bits per heavy atom. The van der Waals surface area contributed by atoms with Gasteiger partial charge in [0.25, 0.3) is 5.91 Å². The number of carbonyl (C=O) groups excluding carboxylic acids is 1. The molecule has 23 heavy (non-hydrogen) atoms. The molecule has 4 heteroatoms. The molecule has 0 aliphatic carbocycles. The molecule has 0 bridgehead atoms. The van der Waals surface area contributed by atoms with E-state index in [0.29, 0.717) is 18.8 Å². The number of aryl methyl sites for hydroxylation is 2. The van der Waals surface area contributed by atoms with Crippen LogP contribution >= 0.6 is 0 Å². The van der Waals surface area contributed by atoms with Crippen molar-refractivity contribution in [2.24, 2.45) is 0 Å². The largest absolute Gasteiger partial charge is 0.496 e. The van der Waals surface area contributed by atoms with Crippen LogP contribution in [0.1, 0.15) is 34.0 Å². The fourth-order valence-electron chi connectivity index (χ4n) is 2.27. The number of amides is 1. The lowest BCUT2D eigenvalue weighted by Crippen LogP contribution is -2.13. The molecule has 0 heterocycles. The van der Waals surface area contributed by atoms with Gasteiger partial charge in [-0.2, -0.15) is 0 Å². The first-order valence-corrected chi connectivity index (χ1v) is 7.68. The van der Waals surface area contributed by atoms with Crippen LogP contribution in [0.3, 0.4) is 0 Å². The molecule has 2 rings (SSSR count). The SMILES string of the molecule is CCOCc1cc(C(=O)Nc2ccc(C)c(C)c2)ccc1OC. The molecule has 0 aliphatic heterocycles. The van der Waals surface area contributed by atoms with Crippen molar-refractivity contribution in [1.82, 2.24) is 0 Å². The van der Waals surface area contributed by atoms with Crippen molar-refractivity contribution >= 4 is 11.6 Å². The fourth-order valence-corrected chi connectivity index (χ4v) is 2.27. The Bertz CT molecular complexity index is 695. The van der Waals surface area contributed by atoms with Gasteiger partial charge in [-0.3, -0.25) is 4.79 Å². The maximum Gasteiger partial charge on any atom is 0.255 e. The monoisotopic (exact) mass is 313 g/mol. The van der Waals surface area contributed by atoms with E-state index in [2.05, 4.69) is 5.32 Å². The number of benzene rings is 2. The average Bonchev–Trinajstić information content (AvgIpc) is 2.56. The lowest BCUT2D eigenvalue weighted by Gasteiger charge is -2.12. The Hall–Kier alpha value is -2.33. The maximum atomic E-state index is 12.4. The molecule has 122 valence electrons. The standard InChI is InChI=1S/C19H23NO3/c1-5-23-12-16-11-15(7-9-18(16)22-4)19(21)20-17-8-6-13(2)14(3)10-17/h6-11H,5,12H2,1-4H3,(H,20,21). The Kier molecular flexibility index (Phi) is 5.77. The van der Waals surface area contributed by atoms with Crippen molar-refractivity contribution in [2.75, 3.05) is 19.0 Å². The predicted molar refractivity (Wildman–Crippen MR) is 92.2 cm³/mol. The fraction of sp³-hybridized carbons (Fsp3) is 0.316. The van der Waals surface area contributed by atoms with E-state index in [0.717, 1.165) is 22.6 Å². The first-order valence-electron chi connectivity index (χ1n) is 7.68. The number of nitrogens with one attached hydrogen (secondary N) is 1. The van der Waals surface area contributed by atoms with Gasteiger partial charge in [0, 0.05) is 23.4 Å². The van der Waals surface area contributed by atoms with Crippen molar-refractivity contribution in [1.29, 1.82) is 0 Å². The highest BCUT2D eigenvalue weighted by Gasteiger charge is 2.11. The number of hydrogen-bond donors (Lipinski definition) is 1. The van der Waals surface area contributed by atoms with Crippen LogP contribution in [0.2, 0.25) is 0 Å². The summed E-state index contributed by atoms with van der Waals surface area (Å²) in [5.74, 6) is 0.579. The van der Waals surface area contributed by atoms with Crippen molar-refractivity contribution in [3.63, 3.8) is 0 Å². The molecule has 2 aromatic carbocycles.